The fourth-order valence-corrected chi connectivity index (χ4v) is 3.59. The van der Waals surface area contributed by atoms with E-state index in [1.54, 1.807) is 6.08 Å². The minimum atomic E-state index is -0.392. The number of nitrogens with zero attached hydrogens (tertiary/aromatic N) is 3. The van der Waals surface area contributed by atoms with Crippen molar-refractivity contribution in [2.45, 2.75) is 6.92 Å². The van der Waals surface area contributed by atoms with Crippen LogP contribution in [0.2, 0.25) is 0 Å². The van der Waals surface area contributed by atoms with E-state index in [0.717, 1.165) is 22.3 Å². The van der Waals surface area contributed by atoms with Crippen molar-refractivity contribution in [3.8, 4) is 0 Å². The predicted molar refractivity (Wildman–Crippen MR) is 106 cm³/mol. The number of carbonyl (C=O) groups excluding carboxylic acids is 2. The van der Waals surface area contributed by atoms with Gasteiger partial charge in [0.2, 0.25) is 5.91 Å². The van der Waals surface area contributed by atoms with Crippen molar-refractivity contribution in [3.63, 3.8) is 0 Å². The summed E-state index contributed by atoms with van der Waals surface area (Å²) in [5.74, 6) is 0.0566. The molecule has 2 saturated heterocycles. The van der Waals surface area contributed by atoms with Gasteiger partial charge in [-0.1, -0.05) is 18.2 Å². The van der Waals surface area contributed by atoms with E-state index < -0.39 is 5.91 Å². The molecule has 8 heteroatoms. The van der Waals surface area contributed by atoms with Crippen LogP contribution in [0.1, 0.15) is 12.5 Å². The number of aromatic nitrogens is 1. The van der Waals surface area contributed by atoms with Crippen LogP contribution in [0.5, 0.6) is 0 Å². The lowest BCUT2D eigenvalue weighted by Crippen LogP contribution is -2.37. The van der Waals surface area contributed by atoms with Crippen LogP contribution in [0.4, 0.5) is 5.82 Å². The molecule has 138 valence electrons. The smallest absolute Gasteiger partial charge is 0.274 e. The molecule has 7 nitrogen and oxygen atoms in total. The van der Waals surface area contributed by atoms with Gasteiger partial charge in [0.25, 0.3) is 5.91 Å². The van der Waals surface area contributed by atoms with Gasteiger partial charge in [0.05, 0.1) is 18.7 Å². The molecule has 2 amide bonds. The van der Waals surface area contributed by atoms with Gasteiger partial charge >= 0.3 is 0 Å². The van der Waals surface area contributed by atoms with Crippen molar-refractivity contribution in [1.82, 2.24) is 15.2 Å². The van der Waals surface area contributed by atoms with Crippen LogP contribution < -0.4 is 10.2 Å². The second kappa shape index (κ2) is 7.05. The lowest BCUT2D eigenvalue weighted by molar-refractivity contribution is -0.125. The SMILES string of the molecule is CC(=O)N1C(=S)NC(=O)/C1=C\c1cc2ccccc2nc1N1CCOCC1. The van der Waals surface area contributed by atoms with E-state index in [1.165, 1.54) is 11.8 Å². The third-order valence-corrected chi connectivity index (χ3v) is 4.83. The maximum absolute atomic E-state index is 12.3. The van der Waals surface area contributed by atoms with Crippen molar-refractivity contribution in [3.05, 3.63) is 41.6 Å². The Morgan fingerprint density at radius 1 is 1.30 bits per heavy atom. The van der Waals surface area contributed by atoms with Gasteiger partial charge in [-0.25, -0.2) is 4.98 Å². The molecule has 0 unspecified atom stereocenters. The number of para-hydroxylation sites is 1. The van der Waals surface area contributed by atoms with Gasteiger partial charge in [0.15, 0.2) is 5.11 Å². The summed E-state index contributed by atoms with van der Waals surface area (Å²) in [5, 5.41) is 3.58. The molecule has 4 rings (SSSR count). The Morgan fingerprint density at radius 2 is 2.04 bits per heavy atom. The van der Waals surface area contributed by atoms with Crippen LogP contribution in [-0.2, 0) is 14.3 Å². The molecule has 1 aromatic heterocycles. The Hall–Kier alpha value is -2.84. The van der Waals surface area contributed by atoms with Crippen LogP contribution in [-0.4, -0.2) is 53.1 Å². The van der Waals surface area contributed by atoms with E-state index in [1.807, 2.05) is 30.3 Å². The fourth-order valence-electron chi connectivity index (χ4n) is 3.27. The van der Waals surface area contributed by atoms with E-state index in [9.17, 15) is 9.59 Å². The molecule has 2 fully saturated rings. The second-order valence-electron chi connectivity index (χ2n) is 6.34. The number of hydrogen-bond acceptors (Lipinski definition) is 6. The first-order valence-corrected chi connectivity index (χ1v) is 9.05. The molecule has 0 saturated carbocycles. The summed E-state index contributed by atoms with van der Waals surface area (Å²) < 4.78 is 5.44. The zero-order valence-corrected chi connectivity index (χ0v) is 15.6. The molecule has 2 aromatic rings. The average Bonchev–Trinajstić information content (AvgIpc) is 2.95. The van der Waals surface area contributed by atoms with Crippen LogP contribution >= 0.6 is 12.2 Å². The summed E-state index contributed by atoms with van der Waals surface area (Å²) in [6.45, 7) is 4.04. The Labute approximate surface area is 161 Å². The van der Waals surface area contributed by atoms with E-state index in [0.29, 0.717) is 26.3 Å². The number of benzene rings is 1. The molecular weight excluding hydrogens is 364 g/mol. The predicted octanol–water partition coefficient (Wildman–Crippen LogP) is 1.68. The second-order valence-corrected chi connectivity index (χ2v) is 6.72. The maximum Gasteiger partial charge on any atom is 0.274 e. The van der Waals surface area contributed by atoms with Crippen molar-refractivity contribution in [1.29, 1.82) is 0 Å². The van der Waals surface area contributed by atoms with Gasteiger partial charge in [-0.15, -0.1) is 0 Å². The number of anilines is 1. The molecule has 2 aliphatic rings. The molecule has 0 radical (unpaired) electrons. The number of rotatable bonds is 2. The topological polar surface area (TPSA) is 74.8 Å². The molecule has 1 aromatic carbocycles. The summed E-state index contributed by atoms with van der Waals surface area (Å²) in [6.07, 6.45) is 1.68. The largest absolute Gasteiger partial charge is 0.378 e. The zero-order valence-electron chi connectivity index (χ0n) is 14.8. The number of nitrogens with one attached hydrogen (secondary N) is 1. The molecule has 0 atom stereocenters. The summed E-state index contributed by atoms with van der Waals surface area (Å²) in [6, 6.07) is 9.78. The quantitative estimate of drug-likeness (QED) is 0.629. The van der Waals surface area contributed by atoms with Gasteiger partial charge in [0, 0.05) is 31.0 Å². The van der Waals surface area contributed by atoms with Gasteiger partial charge in [-0.05, 0) is 30.4 Å². The first kappa shape index (κ1) is 17.6. The average molecular weight is 382 g/mol. The zero-order chi connectivity index (χ0) is 19.0. The van der Waals surface area contributed by atoms with Crippen molar-refractivity contribution >= 4 is 51.9 Å². The number of pyridine rings is 1. The summed E-state index contributed by atoms with van der Waals surface area (Å²) in [7, 11) is 0. The third kappa shape index (κ3) is 3.29. The normalized spacial score (nSPS) is 19.1. The number of amides is 2. The van der Waals surface area contributed by atoms with Crippen LogP contribution in [0.3, 0.4) is 0 Å². The minimum absolute atomic E-state index is 0.0976. The Morgan fingerprint density at radius 3 is 2.78 bits per heavy atom. The molecule has 0 aliphatic carbocycles. The number of fused-ring (bicyclic) bond motifs is 1. The molecule has 2 aliphatic heterocycles. The number of carbonyl (C=O) groups is 2. The number of ether oxygens (including phenoxy) is 1. The summed E-state index contributed by atoms with van der Waals surface area (Å²) in [5.41, 5.74) is 1.84. The van der Waals surface area contributed by atoms with Gasteiger partial charge in [-0.3, -0.25) is 19.8 Å². The van der Waals surface area contributed by atoms with Crippen LogP contribution in [0, 0.1) is 0 Å². The van der Waals surface area contributed by atoms with E-state index in [-0.39, 0.29) is 16.7 Å². The van der Waals surface area contributed by atoms with E-state index in [2.05, 4.69) is 10.2 Å². The highest BCUT2D eigenvalue weighted by Crippen LogP contribution is 2.28. The molecule has 3 heterocycles. The highest BCUT2D eigenvalue weighted by Gasteiger charge is 2.33. The Kier molecular flexibility index (Phi) is 4.59. The van der Waals surface area contributed by atoms with E-state index in [4.69, 9.17) is 21.9 Å². The van der Waals surface area contributed by atoms with Gasteiger partial charge in [0.1, 0.15) is 11.5 Å². The number of hydrogen-bond donors (Lipinski definition) is 1. The van der Waals surface area contributed by atoms with Crippen molar-refractivity contribution in [2.24, 2.45) is 0 Å². The third-order valence-electron chi connectivity index (χ3n) is 4.55. The van der Waals surface area contributed by atoms with Crippen LogP contribution in [0.15, 0.2) is 36.0 Å². The minimum Gasteiger partial charge on any atom is -0.378 e. The standard InChI is InChI=1S/C19H18N4O3S/c1-12(24)23-16(18(25)21-19(23)27)11-14-10-13-4-2-3-5-15(13)20-17(14)22-6-8-26-9-7-22/h2-5,10-11H,6-9H2,1H3,(H,21,25,27)/b16-11+. The molecular formula is C19H18N4O3S. The highest BCUT2D eigenvalue weighted by molar-refractivity contribution is 7.80. The Balaban J connectivity index is 1.87. The summed E-state index contributed by atoms with van der Waals surface area (Å²) in [4.78, 5) is 32.5. The summed E-state index contributed by atoms with van der Waals surface area (Å²) >= 11 is 5.11. The molecule has 27 heavy (non-hydrogen) atoms. The lowest BCUT2D eigenvalue weighted by Gasteiger charge is -2.29. The lowest BCUT2D eigenvalue weighted by atomic mass is 10.1. The van der Waals surface area contributed by atoms with Gasteiger partial charge in [-0.2, -0.15) is 0 Å². The van der Waals surface area contributed by atoms with Crippen LogP contribution in [0.25, 0.3) is 17.0 Å². The van der Waals surface area contributed by atoms with Crippen molar-refractivity contribution < 1.29 is 14.3 Å². The van der Waals surface area contributed by atoms with Gasteiger partial charge < -0.3 is 9.64 Å². The first-order chi connectivity index (χ1) is 13.0. The maximum atomic E-state index is 12.3. The molecule has 0 spiro atoms. The number of morpholine rings is 1. The number of thiocarbonyl (C=S) groups is 1. The van der Waals surface area contributed by atoms with E-state index >= 15 is 0 Å². The Bertz CT molecular complexity index is 982. The highest BCUT2D eigenvalue weighted by atomic mass is 32.1. The first-order valence-electron chi connectivity index (χ1n) is 8.65. The monoisotopic (exact) mass is 382 g/mol. The van der Waals surface area contributed by atoms with Crippen molar-refractivity contribution in [2.75, 3.05) is 31.2 Å². The molecule has 0 bridgehead atoms. The fraction of sp³-hybridized carbons (Fsp3) is 0.263. The molecule has 1 N–H and O–H groups in total.